The van der Waals surface area contributed by atoms with Crippen molar-refractivity contribution in [2.24, 2.45) is 23.7 Å². The number of hydrogen-bond acceptors (Lipinski definition) is 15. The molecular formula is C63H122O17P2. The SMILES string of the molecule is CCC(C)CCCCCCCCC(=O)OC[C@H](COP(=O)(O)OC[C@@H](O)COP(=O)(O)OC[C@@H](COC(=O)CCCCCCCCC(C)C)OC(=O)CCCCCCCCCCCCC(C)C)OC(=O)CCCCCCCCCC(C)C. The summed E-state index contributed by atoms with van der Waals surface area (Å²) in [4.78, 5) is 72.1. The first-order chi connectivity index (χ1) is 39.1. The van der Waals surface area contributed by atoms with E-state index in [0.717, 1.165) is 115 Å². The van der Waals surface area contributed by atoms with E-state index in [1.807, 2.05) is 0 Å². The topological polar surface area (TPSA) is 237 Å². The molecule has 19 heteroatoms. The molecule has 0 aromatic rings. The summed E-state index contributed by atoms with van der Waals surface area (Å²) in [7, 11) is -9.89. The molecule has 82 heavy (non-hydrogen) atoms. The summed E-state index contributed by atoms with van der Waals surface area (Å²) >= 11 is 0. The Balaban J connectivity index is 5.25. The van der Waals surface area contributed by atoms with Crippen molar-refractivity contribution in [3.8, 4) is 0 Å². The molecule has 0 bridgehead atoms. The standard InChI is InChI=1S/C63H122O17P2/c1-9-56(8)42-34-26-20-22-28-36-44-61(66)74-50-59(80-63(68)46-38-30-18-14-16-24-32-40-54(4)5)52-78-82(71,72)76-48-57(64)47-75-81(69,70)77-51-58(49-73-60(65)43-35-27-21-19-25-33-41-55(6)7)79-62(67)45-37-29-17-13-11-10-12-15-23-31-39-53(2)3/h53-59,64H,9-52H2,1-8H3,(H,69,70)(H,71,72)/t56?,57-,58+,59+/m0/s1. The van der Waals surface area contributed by atoms with E-state index in [2.05, 4.69) is 55.4 Å². The van der Waals surface area contributed by atoms with Gasteiger partial charge in [0.1, 0.15) is 19.3 Å². The monoisotopic (exact) mass is 1210 g/mol. The maximum atomic E-state index is 13.0. The van der Waals surface area contributed by atoms with Crippen LogP contribution in [0, 0.1) is 23.7 Å². The van der Waals surface area contributed by atoms with E-state index >= 15 is 0 Å². The molecule has 0 rings (SSSR count). The Labute approximate surface area is 498 Å². The minimum atomic E-state index is -4.94. The quantitative estimate of drug-likeness (QED) is 0.0222. The Morgan fingerprint density at radius 1 is 0.341 bits per heavy atom. The first kappa shape index (κ1) is 80.1. The lowest BCUT2D eigenvalue weighted by molar-refractivity contribution is -0.161. The largest absolute Gasteiger partial charge is 0.472 e. The maximum Gasteiger partial charge on any atom is 0.472 e. The Morgan fingerprint density at radius 3 is 0.866 bits per heavy atom. The van der Waals surface area contributed by atoms with Crippen LogP contribution in [-0.2, 0) is 65.4 Å². The Kier molecular flexibility index (Phi) is 52.0. The summed E-state index contributed by atoms with van der Waals surface area (Å²) in [5.41, 5.74) is 0. The number of unbranched alkanes of at least 4 members (excludes halogenated alkanes) is 25. The van der Waals surface area contributed by atoms with E-state index in [4.69, 9.17) is 37.0 Å². The predicted molar refractivity (Wildman–Crippen MR) is 326 cm³/mol. The third-order valence-electron chi connectivity index (χ3n) is 14.7. The van der Waals surface area contributed by atoms with Gasteiger partial charge in [-0.1, -0.05) is 248 Å². The third kappa shape index (κ3) is 55.9. The molecule has 6 atom stereocenters. The van der Waals surface area contributed by atoms with Crippen molar-refractivity contribution >= 4 is 39.5 Å². The molecule has 0 amide bonds. The molecular weight excluding hydrogens is 1090 g/mol. The van der Waals surface area contributed by atoms with Crippen LogP contribution in [0.25, 0.3) is 0 Å². The second-order valence-electron chi connectivity index (χ2n) is 24.5. The zero-order valence-electron chi connectivity index (χ0n) is 53.1. The van der Waals surface area contributed by atoms with Crippen molar-refractivity contribution in [2.75, 3.05) is 39.6 Å². The first-order valence-electron chi connectivity index (χ1n) is 32.7. The van der Waals surface area contributed by atoms with Gasteiger partial charge in [0.15, 0.2) is 12.2 Å². The number of rotatable bonds is 60. The highest BCUT2D eigenvalue weighted by molar-refractivity contribution is 7.47. The zero-order chi connectivity index (χ0) is 61.1. The van der Waals surface area contributed by atoms with E-state index in [1.165, 1.54) is 89.9 Å². The van der Waals surface area contributed by atoms with Gasteiger partial charge < -0.3 is 33.8 Å². The fraction of sp³-hybridized carbons (Fsp3) is 0.937. The summed E-state index contributed by atoms with van der Waals surface area (Å²) in [6.45, 7) is 13.9. The molecule has 0 saturated carbocycles. The lowest BCUT2D eigenvalue weighted by Crippen LogP contribution is -2.30. The van der Waals surface area contributed by atoms with Crippen LogP contribution in [-0.4, -0.2) is 96.7 Å². The highest BCUT2D eigenvalue weighted by Crippen LogP contribution is 2.45. The Bertz CT molecular complexity index is 1650. The van der Waals surface area contributed by atoms with Crippen LogP contribution in [0.5, 0.6) is 0 Å². The van der Waals surface area contributed by atoms with Gasteiger partial charge in [0.2, 0.25) is 0 Å². The minimum Gasteiger partial charge on any atom is -0.462 e. The van der Waals surface area contributed by atoms with Gasteiger partial charge in [0, 0.05) is 25.7 Å². The smallest absolute Gasteiger partial charge is 0.462 e. The van der Waals surface area contributed by atoms with Crippen molar-refractivity contribution in [1.82, 2.24) is 0 Å². The van der Waals surface area contributed by atoms with Gasteiger partial charge in [0.05, 0.1) is 26.4 Å². The molecule has 486 valence electrons. The lowest BCUT2D eigenvalue weighted by atomic mass is 10.00. The average molecular weight is 1210 g/mol. The molecule has 0 aliphatic heterocycles. The number of aliphatic hydroxyl groups excluding tert-OH is 1. The Hall–Kier alpha value is -1.94. The second-order valence-corrected chi connectivity index (χ2v) is 27.4. The number of phosphoric ester groups is 2. The molecule has 0 aliphatic carbocycles. The molecule has 17 nitrogen and oxygen atoms in total. The van der Waals surface area contributed by atoms with E-state index in [9.17, 15) is 43.2 Å². The highest BCUT2D eigenvalue weighted by atomic mass is 31.2. The van der Waals surface area contributed by atoms with Crippen LogP contribution in [0.15, 0.2) is 0 Å². The fourth-order valence-electron chi connectivity index (χ4n) is 9.22. The summed E-state index contributed by atoms with van der Waals surface area (Å²) in [6.07, 6.45) is 32.4. The zero-order valence-corrected chi connectivity index (χ0v) is 54.9. The van der Waals surface area contributed by atoms with Crippen LogP contribution in [0.4, 0.5) is 0 Å². The molecule has 0 aromatic heterocycles. The number of hydrogen-bond donors (Lipinski definition) is 3. The highest BCUT2D eigenvalue weighted by Gasteiger charge is 2.30. The van der Waals surface area contributed by atoms with Gasteiger partial charge >= 0.3 is 39.5 Å². The number of phosphoric acid groups is 2. The number of carbonyl (C=O) groups excluding carboxylic acids is 4. The molecule has 3 N–H and O–H groups in total. The number of ether oxygens (including phenoxy) is 4. The van der Waals surface area contributed by atoms with E-state index in [-0.39, 0.29) is 25.7 Å². The summed E-state index contributed by atoms with van der Waals surface area (Å²) < 4.78 is 67.9. The molecule has 0 saturated heterocycles. The normalized spacial score (nSPS) is 14.8. The van der Waals surface area contributed by atoms with E-state index in [1.54, 1.807) is 0 Å². The maximum absolute atomic E-state index is 13.0. The molecule has 0 aliphatic rings. The van der Waals surface area contributed by atoms with Gasteiger partial charge in [-0.2, -0.15) is 0 Å². The van der Waals surface area contributed by atoms with Gasteiger partial charge in [-0.15, -0.1) is 0 Å². The van der Waals surface area contributed by atoms with E-state index in [0.29, 0.717) is 37.5 Å². The Morgan fingerprint density at radius 2 is 0.585 bits per heavy atom. The minimum absolute atomic E-state index is 0.102. The number of aliphatic hydroxyl groups is 1. The van der Waals surface area contributed by atoms with Crippen molar-refractivity contribution in [2.45, 2.75) is 318 Å². The van der Waals surface area contributed by atoms with Crippen LogP contribution in [0.2, 0.25) is 0 Å². The number of carbonyl (C=O) groups is 4. The average Bonchev–Trinajstić information content (AvgIpc) is 3.43. The number of esters is 4. The summed E-state index contributed by atoms with van der Waals surface area (Å²) in [5.74, 6) is 0.714. The lowest BCUT2D eigenvalue weighted by Gasteiger charge is -2.21. The molecule has 0 fully saturated rings. The van der Waals surface area contributed by atoms with Crippen LogP contribution in [0.3, 0.4) is 0 Å². The predicted octanol–water partition coefficient (Wildman–Crippen LogP) is 17.0. The van der Waals surface area contributed by atoms with Crippen molar-refractivity contribution in [1.29, 1.82) is 0 Å². The van der Waals surface area contributed by atoms with Gasteiger partial charge in [-0.25, -0.2) is 9.13 Å². The van der Waals surface area contributed by atoms with Crippen molar-refractivity contribution in [3.05, 3.63) is 0 Å². The van der Waals surface area contributed by atoms with Crippen LogP contribution >= 0.6 is 15.6 Å². The molecule has 0 aromatic carbocycles. The van der Waals surface area contributed by atoms with E-state index < -0.39 is 97.5 Å². The first-order valence-corrected chi connectivity index (χ1v) is 35.7. The van der Waals surface area contributed by atoms with Crippen LogP contribution in [0.1, 0.15) is 299 Å². The molecule has 0 spiro atoms. The van der Waals surface area contributed by atoms with Gasteiger partial charge in [0.25, 0.3) is 0 Å². The van der Waals surface area contributed by atoms with Crippen molar-refractivity contribution in [3.63, 3.8) is 0 Å². The molecule has 0 heterocycles. The van der Waals surface area contributed by atoms with Gasteiger partial charge in [-0.05, 0) is 49.4 Å². The summed E-state index contributed by atoms with van der Waals surface area (Å²) in [5, 5.41) is 10.5. The summed E-state index contributed by atoms with van der Waals surface area (Å²) in [6, 6.07) is 0. The third-order valence-corrected chi connectivity index (χ3v) is 16.6. The van der Waals surface area contributed by atoms with Crippen LogP contribution < -0.4 is 0 Å². The second kappa shape index (κ2) is 53.3. The fourth-order valence-corrected chi connectivity index (χ4v) is 10.8. The van der Waals surface area contributed by atoms with Crippen molar-refractivity contribution < 1.29 is 80.2 Å². The van der Waals surface area contributed by atoms with Gasteiger partial charge in [-0.3, -0.25) is 37.3 Å². The molecule has 3 unspecified atom stereocenters. The molecule has 0 radical (unpaired) electrons.